The van der Waals surface area contributed by atoms with E-state index in [1.165, 1.54) is 16.7 Å². The number of aromatic nitrogens is 2. The number of nitrogens with zero attached hydrogens (tertiary/aromatic N) is 2. The van der Waals surface area contributed by atoms with Gasteiger partial charge in [-0.05, 0) is 49.4 Å². The van der Waals surface area contributed by atoms with Crippen molar-refractivity contribution >= 4 is 50.2 Å². The maximum atomic E-state index is 13.2. The number of hydrogen-bond acceptors (Lipinski definition) is 6. The topological polar surface area (TPSA) is 110 Å². The van der Waals surface area contributed by atoms with Gasteiger partial charge in [0.15, 0.2) is 5.16 Å². The highest BCUT2D eigenvalue weighted by atomic mass is 35.5. The van der Waals surface area contributed by atoms with Gasteiger partial charge in [-0.25, -0.2) is 13.4 Å². The van der Waals surface area contributed by atoms with Gasteiger partial charge >= 0.3 is 0 Å². The van der Waals surface area contributed by atoms with E-state index < -0.39 is 15.9 Å². The van der Waals surface area contributed by atoms with Crippen molar-refractivity contribution in [3.63, 3.8) is 0 Å². The number of thioether (sulfide) groups is 1. The number of carbonyl (C=O) groups excluding carboxylic acids is 1. The minimum Gasteiger partial charge on any atom is -0.277 e. The lowest BCUT2D eigenvalue weighted by Gasteiger charge is -2.13. The van der Waals surface area contributed by atoms with E-state index in [1.807, 2.05) is 13.0 Å². The molecule has 0 unspecified atom stereocenters. The average Bonchev–Trinajstić information content (AvgIpc) is 2.83. The van der Waals surface area contributed by atoms with Gasteiger partial charge in [-0.2, -0.15) is 0 Å². The molecule has 2 N–H and O–H groups in total. The molecule has 0 aliphatic carbocycles. The van der Waals surface area contributed by atoms with Crippen LogP contribution < -0.4 is 15.8 Å². The summed E-state index contributed by atoms with van der Waals surface area (Å²) in [6, 6.07) is 19.9. The van der Waals surface area contributed by atoms with E-state index in [0.717, 1.165) is 17.3 Å². The number of hydrogen-bond donors (Lipinski definition) is 2. The van der Waals surface area contributed by atoms with Crippen LogP contribution in [-0.2, 0) is 14.8 Å². The molecule has 1 heterocycles. The lowest BCUT2D eigenvalue weighted by molar-refractivity contribution is -0.119. The molecule has 0 saturated heterocycles. The van der Waals surface area contributed by atoms with Gasteiger partial charge in [0.25, 0.3) is 15.6 Å². The van der Waals surface area contributed by atoms with Crippen molar-refractivity contribution in [3.05, 3.63) is 93.7 Å². The van der Waals surface area contributed by atoms with Gasteiger partial charge in [0.05, 0.1) is 27.2 Å². The Bertz CT molecular complexity index is 1520. The van der Waals surface area contributed by atoms with Crippen LogP contribution in [0.2, 0.25) is 5.02 Å². The molecule has 0 aliphatic heterocycles. The Morgan fingerprint density at radius 2 is 1.76 bits per heavy atom. The molecule has 3 aromatic carbocycles. The first-order chi connectivity index (χ1) is 16.2. The summed E-state index contributed by atoms with van der Waals surface area (Å²) in [5.41, 5.74) is 3.78. The van der Waals surface area contributed by atoms with Crippen LogP contribution >= 0.6 is 23.4 Å². The summed E-state index contributed by atoms with van der Waals surface area (Å²) in [7, 11) is -3.92. The van der Waals surface area contributed by atoms with Gasteiger partial charge in [0.1, 0.15) is 0 Å². The molecule has 8 nitrogen and oxygen atoms in total. The van der Waals surface area contributed by atoms with Crippen LogP contribution in [0.15, 0.2) is 87.6 Å². The van der Waals surface area contributed by atoms with E-state index in [0.29, 0.717) is 21.6 Å². The SMILES string of the molecule is Cc1ccc(S(=O)(=O)NNC(=O)CSc2nc3ccc(Cl)cc3c(=O)n2-c2ccccc2)cc1. The van der Waals surface area contributed by atoms with Crippen LogP contribution in [0.5, 0.6) is 0 Å². The fourth-order valence-electron chi connectivity index (χ4n) is 3.11. The maximum absolute atomic E-state index is 13.2. The van der Waals surface area contributed by atoms with Crippen molar-refractivity contribution < 1.29 is 13.2 Å². The van der Waals surface area contributed by atoms with Gasteiger partial charge in [0, 0.05) is 5.02 Å². The smallest absolute Gasteiger partial charge is 0.266 e. The third kappa shape index (κ3) is 5.31. The van der Waals surface area contributed by atoms with Gasteiger partial charge in [0.2, 0.25) is 5.91 Å². The molecule has 0 fully saturated rings. The van der Waals surface area contributed by atoms with Crippen LogP contribution in [0.25, 0.3) is 16.6 Å². The highest BCUT2D eigenvalue weighted by Crippen LogP contribution is 2.23. The molecule has 0 saturated carbocycles. The van der Waals surface area contributed by atoms with Crippen LogP contribution in [0.4, 0.5) is 0 Å². The first kappa shape index (κ1) is 24.0. The first-order valence-electron chi connectivity index (χ1n) is 10.0. The summed E-state index contributed by atoms with van der Waals surface area (Å²) < 4.78 is 26.2. The van der Waals surface area contributed by atoms with Crippen molar-refractivity contribution in [3.8, 4) is 5.69 Å². The van der Waals surface area contributed by atoms with E-state index in [9.17, 15) is 18.0 Å². The molecule has 34 heavy (non-hydrogen) atoms. The average molecular weight is 515 g/mol. The van der Waals surface area contributed by atoms with Gasteiger partial charge in [-0.1, -0.05) is 59.3 Å². The molecule has 0 spiro atoms. The number of nitrogens with one attached hydrogen (secondary N) is 2. The zero-order valence-corrected chi connectivity index (χ0v) is 20.2. The Morgan fingerprint density at radius 3 is 2.47 bits per heavy atom. The number of fused-ring (bicyclic) bond motifs is 1. The molecule has 174 valence electrons. The molecule has 0 radical (unpaired) electrons. The van der Waals surface area contributed by atoms with Gasteiger partial charge in [-0.3, -0.25) is 19.6 Å². The number of para-hydroxylation sites is 1. The van der Waals surface area contributed by atoms with Gasteiger partial charge in [-0.15, -0.1) is 4.83 Å². The quantitative estimate of drug-likeness (QED) is 0.222. The fraction of sp³-hybridized carbons (Fsp3) is 0.0870. The van der Waals surface area contributed by atoms with Crippen LogP contribution in [0, 0.1) is 6.92 Å². The van der Waals surface area contributed by atoms with E-state index in [4.69, 9.17) is 11.6 Å². The number of sulfonamides is 1. The number of rotatable bonds is 7. The summed E-state index contributed by atoms with van der Waals surface area (Å²) in [4.78, 5) is 32.3. The Kier molecular flexibility index (Phi) is 7.03. The predicted molar refractivity (Wildman–Crippen MR) is 133 cm³/mol. The second-order valence-electron chi connectivity index (χ2n) is 7.29. The van der Waals surface area contributed by atoms with E-state index in [2.05, 4.69) is 15.2 Å². The van der Waals surface area contributed by atoms with Crippen molar-refractivity contribution in [1.82, 2.24) is 19.8 Å². The Hall–Kier alpha value is -3.18. The van der Waals surface area contributed by atoms with Crippen LogP contribution in [0.3, 0.4) is 0 Å². The highest BCUT2D eigenvalue weighted by Gasteiger charge is 2.17. The van der Waals surface area contributed by atoms with E-state index >= 15 is 0 Å². The first-order valence-corrected chi connectivity index (χ1v) is 12.9. The standard InChI is InChI=1S/C23H19ClN4O4S2/c1-15-7-10-18(11-8-15)34(31,32)27-26-21(29)14-33-23-25-20-12-9-16(24)13-19(20)22(30)28(23)17-5-3-2-4-6-17/h2-13,27H,14H2,1H3,(H,26,29). The summed E-state index contributed by atoms with van der Waals surface area (Å²) in [6.07, 6.45) is 0. The number of amides is 1. The molecule has 1 aromatic heterocycles. The summed E-state index contributed by atoms with van der Waals surface area (Å²) in [5.74, 6) is -0.792. The monoisotopic (exact) mass is 514 g/mol. The van der Waals surface area contributed by atoms with Crippen LogP contribution in [0.1, 0.15) is 5.56 Å². The number of carbonyl (C=O) groups is 1. The van der Waals surface area contributed by atoms with Crippen molar-refractivity contribution in [1.29, 1.82) is 0 Å². The zero-order chi connectivity index (χ0) is 24.3. The number of hydrazine groups is 1. The minimum atomic E-state index is -3.92. The predicted octanol–water partition coefficient (Wildman–Crippen LogP) is 3.45. The molecular weight excluding hydrogens is 496 g/mol. The fourth-order valence-corrected chi connectivity index (χ4v) is 4.95. The molecular formula is C23H19ClN4O4S2. The molecule has 0 aliphatic rings. The number of aryl methyl sites for hydroxylation is 1. The highest BCUT2D eigenvalue weighted by molar-refractivity contribution is 7.99. The van der Waals surface area contributed by atoms with Crippen LogP contribution in [-0.4, -0.2) is 29.6 Å². The molecule has 11 heteroatoms. The Labute approximate surface area is 205 Å². The van der Waals surface area contributed by atoms with Crippen molar-refractivity contribution in [2.75, 3.05) is 5.75 Å². The van der Waals surface area contributed by atoms with E-state index in [-0.39, 0.29) is 21.4 Å². The molecule has 4 rings (SSSR count). The summed E-state index contributed by atoms with van der Waals surface area (Å²) in [6.45, 7) is 1.84. The zero-order valence-electron chi connectivity index (χ0n) is 17.9. The normalized spacial score (nSPS) is 11.5. The molecule has 4 aromatic rings. The van der Waals surface area contributed by atoms with Crippen molar-refractivity contribution in [2.45, 2.75) is 17.0 Å². The largest absolute Gasteiger partial charge is 0.277 e. The molecule has 0 atom stereocenters. The third-order valence-electron chi connectivity index (χ3n) is 4.80. The number of halogens is 1. The second kappa shape index (κ2) is 9.98. The Balaban J connectivity index is 1.56. The third-order valence-corrected chi connectivity index (χ3v) is 7.24. The lowest BCUT2D eigenvalue weighted by atomic mass is 10.2. The summed E-state index contributed by atoms with van der Waals surface area (Å²) in [5, 5.41) is 1.03. The number of benzene rings is 3. The maximum Gasteiger partial charge on any atom is 0.266 e. The Morgan fingerprint density at radius 1 is 1.06 bits per heavy atom. The van der Waals surface area contributed by atoms with E-state index in [1.54, 1.807) is 54.6 Å². The summed E-state index contributed by atoms with van der Waals surface area (Å²) >= 11 is 7.07. The molecule has 1 amide bonds. The van der Waals surface area contributed by atoms with Crippen molar-refractivity contribution in [2.24, 2.45) is 0 Å². The van der Waals surface area contributed by atoms with Gasteiger partial charge < -0.3 is 0 Å². The minimum absolute atomic E-state index is 0.0267. The molecule has 0 bridgehead atoms. The second-order valence-corrected chi connectivity index (χ2v) is 10.3. The lowest BCUT2D eigenvalue weighted by Crippen LogP contribution is -2.42.